The van der Waals surface area contributed by atoms with Gasteiger partial charge in [-0.25, -0.2) is 9.97 Å². The molecule has 1 N–H and O–H groups in total. The van der Waals surface area contributed by atoms with Gasteiger partial charge in [0, 0.05) is 18.4 Å². The molecule has 1 fully saturated rings. The van der Waals surface area contributed by atoms with Crippen LogP contribution >= 0.6 is 22.6 Å². The average Bonchev–Trinajstić information content (AvgIpc) is 3.18. The molecule has 0 atom stereocenters. The van der Waals surface area contributed by atoms with Gasteiger partial charge in [0.2, 0.25) is 0 Å². The van der Waals surface area contributed by atoms with Crippen LogP contribution in [0.1, 0.15) is 69.8 Å². The summed E-state index contributed by atoms with van der Waals surface area (Å²) in [4.78, 5) is 9.61. The molecule has 0 aromatic carbocycles. The van der Waals surface area contributed by atoms with Crippen molar-refractivity contribution in [1.29, 1.82) is 0 Å². The highest BCUT2D eigenvalue weighted by Crippen LogP contribution is 2.42. The van der Waals surface area contributed by atoms with Gasteiger partial charge < -0.3 is 5.32 Å². The van der Waals surface area contributed by atoms with Crippen LogP contribution in [0.15, 0.2) is 0 Å². The van der Waals surface area contributed by atoms with Gasteiger partial charge in [-0.2, -0.15) is 0 Å². The van der Waals surface area contributed by atoms with Crippen LogP contribution in [0.3, 0.4) is 0 Å². The summed E-state index contributed by atoms with van der Waals surface area (Å²) in [7, 11) is 0. The van der Waals surface area contributed by atoms with E-state index in [2.05, 4.69) is 48.7 Å². The first-order valence-corrected chi connectivity index (χ1v) is 8.10. The lowest BCUT2D eigenvalue weighted by Crippen LogP contribution is -2.12. The first kappa shape index (κ1) is 14.0. The molecule has 0 aliphatic heterocycles. The van der Waals surface area contributed by atoms with Crippen molar-refractivity contribution in [1.82, 2.24) is 9.97 Å². The third-order valence-corrected chi connectivity index (χ3v) is 4.62. The number of hydrogen-bond donors (Lipinski definition) is 1. The Morgan fingerprint density at radius 1 is 1.22 bits per heavy atom. The predicted molar refractivity (Wildman–Crippen MR) is 84.2 cm³/mol. The minimum absolute atomic E-state index is 0.497. The Balaban J connectivity index is 2.40. The molecule has 1 heterocycles. The molecule has 0 amide bonds. The zero-order chi connectivity index (χ0) is 13.1. The van der Waals surface area contributed by atoms with Crippen LogP contribution in [-0.2, 0) is 0 Å². The fourth-order valence-electron chi connectivity index (χ4n) is 2.23. The molecule has 2 rings (SSSR count). The van der Waals surface area contributed by atoms with E-state index < -0.39 is 0 Å². The van der Waals surface area contributed by atoms with E-state index >= 15 is 0 Å². The smallest absolute Gasteiger partial charge is 0.143 e. The lowest BCUT2D eigenvalue weighted by molar-refractivity contribution is 0.597. The number of nitrogens with zero attached hydrogens (tertiary/aromatic N) is 2. The molecule has 4 heteroatoms. The maximum Gasteiger partial charge on any atom is 0.143 e. The molecule has 0 radical (unpaired) electrons. The van der Waals surface area contributed by atoms with Crippen molar-refractivity contribution in [3.8, 4) is 0 Å². The molecule has 0 bridgehead atoms. The number of nitrogens with one attached hydrogen (secondary N) is 1. The Bertz CT molecular complexity index is 412. The van der Waals surface area contributed by atoms with E-state index in [0.717, 1.165) is 31.0 Å². The third kappa shape index (κ3) is 2.95. The van der Waals surface area contributed by atoms with Crippen LogP contribution in [0.5, 0.6) is 0 Å². The molecule has 100 valence electrons. The lowest BCUT2D eigenvalue weighted by Gasteiger charge is -2.16. The molecule has 1 aromatic rings. The predicted octanol–water partition coefficient (Wildman–Crippen LogP) is 4.29. The molecule has 18 heavy (non-hydrogen) atoms. The van der Waals surface area contributed by atoms with Gasteiger partial charge in [-0.05, 0) is 55.2 Å². The summed E-state index contributed by atoms with van der Waals surface area (Å²) in [6, 6.07) is 0. The van der Waals surface area contributed by atoms with Crippen molar-refractivity contribution in [2.75, 3.05) is 11.9 Å². The summed E-state index contributed by atoms with van der Waals surface area (Å²) in [6.45, 7) is 7.48. The highest BCUT2D eigenvalue weighted by Gasteiger charge is 2.30. The molecule has 1 saturated carbocycles. The topological polar surface area (TPSA) is 37.8 Å². The van der Waals surface area contributed by atoms with Crippen LogP contribution in [0.2, 0.25) is 0 Å². The summed E-state index contributed by atoms with van der Waals surface area (Å²) in [5.74, 6) is 3.26. The summed E-state index contributed by atoms with van der Waals surface area (Å²) in [5.41, 5.74) is 1.28. The van der Waals surface area contributed by atoms with Crippen molar-refractivity contribution in [2.45, 2.75) is 58.3 Å². The van der Waals surface area contributed by atoms with Gasteiger partial charge in [0.25, 0.3) is 0 Å². The maximum absolute atomic E-state index is 4.86. The quantitative estimate of drug-likeness (QED) is 0.770. The Kier molecular flexibility index (Phi) is 4.81. The Morgan fingerprint density at radius 2 is 1.89 bits per heavy atom. The van der Waals surface area contributed by atoms with E-state index in [9.17, 15) is 0 Å². The number of rotatable bonds is 6. The second-order valence-electron chi connectivity index (χ2n) is 4.95. The SMILES string of the molecule is CCNc1nc(C(CC)CC)nc(C2CC2)c1I. The van der Waals surface area contributed by atoms with E-state index in [4.69, 9.17) is 9.97 Å². The average molecular weight is 359 g/mol. The fourth-order valence-corrected chi connectivity index (χ4v) is 3.10. The van der Waals surface area contributed by atoms with Crippen LogP contribution in [0.4, 0.5) is 5.82 Å². The minimum atomic E-state index is 0.497. The summed E-state index contributed by atoms with van der Waals surface area (Å²) in [6.07, 6.45) is 4.82. The van der Waals surface area contributed by atoms with Gasteiger partial charge in [0.1, 0.15) is 11.6 Å². The first-order valence-electron chi connectivity index (χ1n) is 7.02. The molecule has 0 spiro atoms. The van der Waals surface area contributed by atoms with E-state index in [-0.39, 0.29) is 0 Å². The monoisotopic (exact) mass is 359 g/mol. The highest BCUT2D eigenvalue weighted by atomic mass is 127. The second kappa shape index (κ2) is 6.17. The molecule has 1 aliphatic rings. The normalized spacial score (nSPS) is 15.2. The van der Waals surface area contributed by atoms with Crippen molar-refractivity contribution in [3.05, 3.63) is 15.1 Å². The van der Waals surface area contributed by atoms with Crippen LogP contribution in [-0.4, -0.2) is 16.5 Å². The van der Waals surface area contributed by atoms with Gasteiger partial charge >= 0.3 is 0 Å². The van der Waals surface area contributed by atoms with Crippen LogP contribution in [0, 0.1) is 3.57 Å². The van der Waals surface area contributed by atoms with Crippen molar-refractivity contribution in [2.24, 2.45) is 0 Å². The van der Waals surface area contributed by atoms with Gasteiger partial charge in [-0.3, -0.25) is 0 Å². The lowest BCUT2D eigenvalue weighted by atomic mass is 10.0. The molecule has 3 nitrogen and oxygen atoms in total. The largest absolute Gasteiger partial charge is 0.369 e. The standard InChI is InChI=1S/C14H22IN3/c1-4-9(5-2)13-17-12(10-7-8-10)11(15)14(18-13)16-6-3/h9-10H,4-8H2,1-3H3,(H,16,17,18). The van der Waals surface area contributed by atoms with Crippen molar-refractivity contribution >= 4 is 28.4 Å². The number of aromatic nitrogens is 2. The summed E-state index contributed by atoms with van der Waals surface area (Å²) >= 11 is 2.40. The zero-order valence-corrected chi connectivity index (χ0v) is 13.6. The molecule has 1 aromatic heterocycles. The minimum Gasteiger partial charge on any atom is -0.369 e. The zero-order valence-electron chi connectivity index (χ0n) is 11.5. The number of hydrogen-bond acceptors (Lipinski definition) is 3. The molecule has 0 unspecified atom stereocenters. The Morgan fingerprint density at radius 3 is 2.39 bits per heavy atom. The van der Waals surface area contributed by atoms with Crippen LogP contribution in [0.25, 0.3) is 0 Å². The summed E-state index contributed by atoms with van der Waals surface area (Å²) < 4.78 is 1.23. The molecule has 1 aliphatic carbocycles. The van der Waals surface area contributed by atoms with E-state index in [1.54, 1.807) is 0 Å². The van der Waals surface area contributed by atoms with Gasteiger partial charge in [0.05, 0.1) is 9.26 Å². The van der Waals surface area contributed by atoms with E-state index in [0.29, 0.717) is 11.8 Å². The van der Waals surface area contributed by atoms with E-state index in [1.165, 1.54) is 22.1 Å². The third-order valence-electron chi connectivity index (χ3n) is 3.55. The van der Waals surface area contributed by atoms with Gasteiger partial charge in [0.15, 0.2) is 0 Å². The molecular formula is C14H22IN3. The molecule has 0 saturated heterocycles. The Labute approximate surface area is 123 Å². The fraction of sp³-hybridized carbons (Fsp3) is 0.714. The number of halogens is 1. The number of anilines is 1. The maximum atomic E-state index is 4.86. The van der Waals surface area contributed by atoms with Crippen molar-refractivity contribution in [3.63, 3.8) is 0 Å². The summed E-state index contributed by atoms with van der Waals surface area (Å²) in [5, 5.41) is 3.38. The first-order chi connectivity index (χ1) is 8.71. The van der Waals surface area contributed by atoms with Gasteiger partial charge in [-0.1, -0.05) is 13.8 Å². The van der Waals surface area contributed by atoms with Crippen LogP contribution < -0.4 is 5.32 Å². The molecular weight excluding hydrogens is 337 g/mol. The van der Waals surface area contributed by atoms with Gasteiger partial charge in [-0.15, -0.1) is 0 Å². The highest BCUT2D eigenvalue weighted by molar-refractivity contribution is 14.1. The Hall–Kier alpha value is -0.390. The van der Waals surface area contributed by atoms with Crippen molar-refractivity contribution < 1.29 is 0 Å². The van der Waals surface area contributed by atoms with E-state index in [1.807, 2.05) is 0 Å². The second-order valence-corrected chi connectivity index (χ2v) is 6.03.